The fourth-order valence-corrected chi connectivity index (χ4v) is 2.61. The zero-order valence-electron chi connectivity index (χ0n) is 13.0. The molecule has 4 N–H and O–H groups in total. The predicted octanol–water partition coefficient (Wildman–Crippen LogP) is 1.90. The van der Waals surface area contributed by atoms with Crippen molar-refractivity contribution in [3.8, 4) is 0 Å². The van der Waals surface area contributed by atoms with Gasteiger partial charge in [0.2, 0.25) is 5.91 Å². The van der Waals surface area contributed by atoms with Gasteiger partial charge >= 0.3 is 0 Å². The lowest BCUT2D eigenvalue weighted by Gasteiger charge is -2.11. The molecule has 0 spiro atoms. The van der Waals surface area contributed by atoms with Gasteiger partial charge < -0.3 is 16.4 Å². The lowest BCUT2D eigenvalue weighted by atomic mass is 10.1. The first-order valence-electron chi connectivity index (χ1n) is 7.56. The first-order valence-corrected chi connectivity index (χ1v) is 7.56. The number of nitrogens with zero attached hydrogens (tertiary/aromatic N) is 2. The van der Waals surface area contributed by atoms with E-state index < -0.39 is 5.91 Å². The van der Waals surface area contributed by atoms with Crippen LogP contribution in [0.3, 0.4) is 0 Å². The van der Waals surface area contributed by atoms with Crippen molar-refractivity contribution in [1.29, 1.82) is 0 Å². The number of anilines is 1. The van der Waals surface area contributed by atoms with Crippen LogP contribution >= 0.6 is 0 Å². The van der Waals surface area contributed by atoms with Gasteiger partial charge in [-0.1, -0.05) is 6.07 Å². The van der Waals surface area contributed by atoms with E-state index in [4.69, 9.17) is 5.73 Å². The quantitative estimate of drug-likeness (QED) is 0.478. The molecule has 0 aliphatic heterocycles. The number of aromatic nitrogens is 2. The normalized spacial score (nSPS) is 11.0. The van der Waals surface area contributed by atoms with Crippen LogP contribution in [0.5, 0.6) is 0 Å². The molecule has 6 nitrogen and oxygen atoms in total. The largest absolute Gasteiger partial charge is 0.369 e. The van der Waals surface area contributed by atoms with Crippen LogP contribution < -0.4 is 16.4 Å². The van der Waals surface area contributed by atoms with E-state index in [0.29, 0.717) is 5.56 Å². The molecular formula is C17H19N5O. The standard InChI is InChI=1S/C17H19N5O/c1-19-6-2-7-21-17-13-5-8-20-10-14(13)12-4-3-11(16(18)23)9-15(12)22-17/h3-5,8-10,19H,2,6-7H2,1H3,(H2,18,23)(H,21,22). The topological polar surface area (TPSA) is 92.9 Å². The number of primary amides is 1. The number of carbonyl (C=O) groups excluding carboxylic acids is 1. The van der Waals surface area contributed by atoms with Crippen molar-refractivity contribution in [2.75, 3.05) is 25.5 Å². The van der Waals surface area contributed by atoms with E-state index in [-0.39, 0.29) is 0 Å². The van der Waals surface area contributed by atoms with E-state index in [1.807, 2.05) is 25.4 Å². The zero-order valence-corrected chi connectivity index (χ0v) is 13.0. The molecule has 3 rings (SSSR count). The number of hydrogen-bond acceptors (Lipinski definition) is 5. The van der Waals surface area contributed by atoms with Gasteiger partial charge in [-0.15, -0.1) is 0 Å². The molecule has 0 aliphatic rings. The molecule has 0 fully saturated rings. The monoisotopic (exact) mass is 309 g/mol. The number of nitrogens with two attached hydrogens (primary N) is 1. The summed E-state index contributed by atoms with van der Waals surface area (Å²) in [7, 11) is 1.93. The first kappa shape index (κ1) is 15.2. The highest BCUT2D eigenvalue weighted by Crippen LogP contribution is 2.29. The molecular weight excluding hydrogens is 290 g/mol. The number of benzene rings is 1. The molecule has 2 heterocycles. The van der Waals surface area contributed by atoms with Crippen molar-refractivity contribution in [2.24, 2.45) is 5.73 Å². The number of rotatable bonds is 6. The van der Waals surface area contributed by atoms with E-state index in [1.54, 1.807) is 18.3 Å². The summed E-state index contributed by atoms with van der Waals surface area (Å²) in [6, 6.07) is 7.27. The van der Waals surface area contributed by atoms with Gasteiger partial charge in [0.15, 0.2) is 0 Å². The molecule has 118 valence electrons. The maximum absolute atomic E-state index is 11.4. The summed E-state index contributed by atoms with van der Waals surface area (Å²) >= 11 is 0. The smallest absolute Gasteiger partial charge is 0.248 e. The van der Waals surface area contributed by atoms with Crippen molar-refractivity contribution in [1.82, 2.24) is 15.3 Å². The second-order valence-electron chi connectivity index (χ2n) is 5.36. The average Bonchev–Trinajstić information content (AvgIpc) is 2.58. The van der Waals surface area contributed by atoms with Crippen LogP contribution in [0.15, 0.2) is 36.7 Å². The predicted molar refractivity (Wildman–Crippen MR) is 92.6 cm³/mol. The Labute approximate surface area is 134 Å². The van der Waals surface area contributed by atoms with Crippen LogP contribution in [0.25, 0.3) is 21.7 Å². The maximum Gasteiger partial charge on any atom is 0.248 e. The Hall–Kier alpha value is -2.73. The van der Waals surface area contributed by atoms with Gasteiger partial charge in [0.05, 0.1) is 5.52 Å². The van der Waals surface area contributed by atoms with Crippen molar-refractivity contribution in [3.63, 3.8) is 0 Å². The molecule has 0 aliphatic carbocycles. The Kier molecular flexibility index (Phi) is 4.34. The molecule has 2 aromatic heterocycles. The minimum absolute atomic E-state index is 0.453. The highest BCUT2D eigenvalue weighted by molar-refractivity contribution is 6.11. The van der Waals surface area contributed by atoms with Crippen LogP contribution in [0.4, 0.5) is 5.82 Å². The highest BCUT2D eigenvalue weighted by atomic mass is 16.1. The second-order valence-corrected chi connectivity index (χ2v) is 5.36. The molecule has 0 saturated carbocycles. The molecule has 1 amide bonds. The fraction of sp³-hybridized carbons (Fsp3) is 0.235. The fourth-order valence-electron chi connectivity index (χ4n) is 2.61. The molecule has 0 saturated heterocycles. The summed E-state index contributed by atoms with van der Waals surface area (Å²) in [5.74, 6) is 0.344. The van der Waals surface area contributed by atoms with Crippen LogP contribution in [-0.2, 0) is 0 Å². The SMILES string of the molecule is CNCCCNc1nc2cc(C(N)=O)ccc2c2cnccc12. The number of carbonyl (C=O) groups is 1. The van der Waals surface area contributed by atoms with Gasteiger partial charge in [-0.25, -0.2) is 4.98 Å². The van der Waals surface area contributed by atoms with Gasteiger partial charge in [0, 0.05) is 40.7 Å². The van der Waals surface area contributed by atoms with Gasteiger partial charge in [-0.2, -0.15) is 0 Å². The molecule has 0 unspecified atom stereocenters. The van der Waals surface area contributed by atoms with E-state index >= 15 is 0 Å². The molecule has 0 bridgehead atoms. The molecule has 3 aromatic rings. The van der Waals surface area contributed by atoms with Gasteiger partial charge in [0.1, 0.15) is 5.82 Å². The van der Waals surface area contributed by atoms with Crippen molar-refractivity contribution < 1.29 is 4.79 Å². The molecule has 0 atom stereocenters. The summed E-state index contributed by atoms with van der Waals surface area (Å²) in [5, 5.41) is 9.47. The second kappa shape index (κ2) is 6.58. The Morgan fingerprint density at radius 3 is 2.83 bits per heavy atom. The minimum Gasteiger partial charge on any atom is -0.369 e. The number of amides is 1. The lowest BCUT2D eigenvalue weighted by Crippen LogP contribution is -2.13. The summed E-state index contributed by atoms with van der Waals surface area (Å²) in [6.45, 7) is 1.75. The third-order valence-electron chi connectivity index (χ3n) is 3.78. The number of fused-ring (bicyclic) bond motifs is 3. The summed E-state index contributed by atoms with van der Waals surface area (Å²) < 4.78 is 0. The highest BCUT2D eigenvalue weighted by Gasteiger charge is 2.10. The van der Waals surface area contributed by atoms with Gasteiger partial charge in [-0.3, -0.25) is 9.78 Å². The van der Waals surface area contributed by atoms with Crippen molar-refractivity contribution in [2.45, 2.75) is 6.42 Å². The molecule has 23 heavy (non-hydrogen) atoms. The summed E-state index contributed by atoms with van der Waals surface area (Å²) in [6.07, 6.45) is 4.57. The third-order valence-corrected chi connectivity index (χ3v) is 3.78. The van der Waals surface area contributed by atoms with Crippen molar-refractivity contribution in [3.05, 3.63) is 42.2 Å². The Balaban J connectivity index is 2.10. The van der Waals surface area contributed by atoms with Gasteiger partial charge in [0.25, 0.3) is 0 Å². The van der Waals surface area contributed by atoms with Crippen LogP contribution in [0.1, 0.15) is 16.8 Å². The Morgan fingerprint density at radius 1 is 1.17 bits per heavy atom. The summed E-state index contributed by atoms with van der Waals surface area (Å²) in [4.78, 5) is 20.3. The van der Waals surface area contributed by atoms with Crippen LogP contribution in [0.2, 0.25) is 0 Å². The Bertz CT molecular complexity index is 862. The first-order chi connectivity index (χ1) is 11.2. The van der Waals surface area contributed by atoms with E-state index in [1.165, 1.54) is 0 Å². The minimum atomic E-state index is -0.455. The van der Waals surface area contributed by atoms with Crippen LogP contribution in [-0.4, -0.2) is 36.0 Å². The number of hydrogen-bond donors (Lipinski definition) is 3. The summed E-state index contributed by atoms with van der Waals surface area (Å²) in [5.41, 5.74) is 6.55. The molecule has 6 heteroatoms. The van der Waals surface area contributed by atoms with E-state index in [0.717, 1.165) is 47.0 Å². The number of nitrogens with one attached hydrogen (secondary N) is 2. The lowest BCUT2D eigenvalue weighted by molar-refractivity contribution is 0.100. The third kappa shape index (κ3) is 3.07. The van der Waals surface area contributed by atoms with Crippen molar-refractivity contribution >= 4 is 33.4 Å². The molecule has 0 radical (unpaired) electrons. The van der Waals surface area contributed by atoms with Crippen LogP contribution in [0, 0.1) is 0 Å². The maximum atomic E-state index is 11.4. The van der Waals surface area contributed by atoms with E-state index in [2.05, 4.69) is 20.6 Å². The van der Waals surface area contributed by atoms with Gasteiger partial charge in [-0.05, 0) is 38.2 Å². The molecule has 1 aromatic carbocycles. The zero-order chi connectivity index (χ0) is 16.2. The Morgan fingerprint density at radius 2 is 2.04 bits per heavy atom. The number of pyridine rings is 2. The average molecular weight is 309 g/mol. The van der Waals surface area contributed by atoms with E-state index in [9.17, 15) is 4.79 Å².